The Morgan fingerprint density at radius 3 is 3.05 bits per heavy atom. The van der Waals surface area contributed by atoms with Gasteiger partial charge in [-0.25, -0.2) is 9.67 Å². The van der Waals surface area contributed by atoms with Crippen LogP contribution in [0.5, 0.6) is 0 Å². The number of tetrazole rings is 1. The van der Waals surface area contributed by atoms with Gasteiger partial charge in [-0.1, -0.05) is 12.8 Å². The smallest absolute Gasteiger partial charge is 0.215 e. The van der Waals surface area contributed by atoms with Crippen molar-refractivity contribution in [2.45, 2.75) is 48.5 Å². The second kappa shape index (κ2) is 5.39. The first kappa shape index (κ1) is 13.2. The van der Waals surface area contributed by atoms with Crippen molar-refractivity contribution in [3.8, 4) is 0 Å². The van der Waals surface area contributed by atoms with Crippen LogP contribution in [0.2, 0.25) is 0 Å². The molecule has 1 aliphatic rings. The highest BCUT2D eigenvalue weighted by molar-refractivity contribution is 7.99. The number of aromatic nitrogens is 6. The topological polar surface area (TPSA) is 81.1 Å². The van der Waals surface area contributed by atoms with Crippen molar-refractivity contribution in [1.82, 2.24) is 29.6 Å². The van der Waals surface area contributed by atoms with Crippen molar-refractivity contribution in [1.29, 1.82) is 0 Å². The Kier molecular flexibility index (Phi) is 3.40. The van der Waals surface area contributed by atoms with Crippen molar-refractivity contribution < 1.29 is 5.11 Å². The minimum Gasteiger partial charge on any atom is -0.390 e. The van der Waals surface area contributed by atoms with Crippen LogP contribution >= 0.6 is 23.1 Å². The van der Waals surface area contributed by atoms with Gasteiger partial charge >= 0.3 is 0 Å². The average Bonchev–Trinajstić information content (AvgIpc) is 3.23. The lowest BCUT2D eigenvalue weighted by molar-refractivity contribution is 0.272. The van der Waals surface area contributed by atoms with Crippen molar-refractivity contribution in [2.24, 2.45) is 0 Å². The van der Waals surface area contributed by atoms with Crippen molar-refractivity contribution >= 4 is 28.1 Å². The summed E-state index contributed by atoms with van der Waals surface area (Å²) in [6.07, 6.45) is 6.64. The van der Waals surface area contributed by atoms with Crippen molar-refractivity contribution in [2.75, 3.05) is 0 Å². The molecule has 0 amide bonds. The standard InChI is InChI=1S/C12H14N6OS2/c19-7-9-10(13-11-17(9)5-6-20-11)21-12-14-15-16-18(12)8-3-1-2-4-8/h5-6,8,19H,1-4,7H2. The second-order valence-corrected chi connectivity index (χ2v) is 6.85. The van der Waals surface area contributed by atoms with Gasteiger partial charge in [0.15, 0.2) is 4.96 Å². The third-order valence-electron chi connectivity index (χ3n) is 3.80. The van der Waals surface area contributed by atoms with E-state index in [4.69, 9.17) is 0 Å². The van der Waals surface area contributed by atoms with E-state index in [0.717, 1.165) is 33.7 Å². The number of hydrogen-bond donors (Lipinski definition) is 1. The Balaban J connectivity index is 1.68. The monoisotopic (exact) mass is 322 g/mol. The summed E-state index contributed by atoms with van der Waals surface area (Å²) in [5, 5.41) is 25.2. The number of rotatable bonds is 4. The van der Waals surface area contributed by atoms with Crippen LogP contribution in [0.15, 0.2) is 21.8 Å². The summed E-state index contributed by atoms with van der Waals surface area (Å²) < 4.78 is 3.82. The molecule has 3 aromatic heterocycles. The molecule has 1 aliphatic carbocycles. The zero-order chi connectivity index (χ0) is 14.2. The normalized spacial score (nSPS) is 16.2. The molecule has 21 heavy (non-hydrogen) atoms. The van der Waals surface area contributed by atoms with Gasteiger partial charge in [0.1, 0.15) is 5.03 Å². The fraction of sp³-hybridized carbons (Fsp3) is 0.500. The fourth-order valence-electron chi connectivity index (χ4n) is 2.76. The first-order valence-electron chi connectivity index (χ1n) is 6.88. The number of fused-ring (bicyclic) bond motifs is 1. The number of hydrogen-bond acceptors (Lipinski definition) is 7. The van der Waals surface area contributed by atoms with E-state index in [1.54, 1.807) is 11.3 Å². The van der Waals surface area contributed by atoms with Gasteiger partial charge in [-0.2, -0.15) is 0 Å². The molecule has 7 nitrogen and oxygen atoms in total. The zero-order valence-electron chi connectivity index (χ0n) is 11.2. The predicted molar refractivity (Wildman–Crippen MR) is 78.4 cm³/mol. The molecule has 3 aromatic rings. The first-order chi connectivity index (χ1) is 10.4. The highest BCUT2D eigenvalue weighted by Gasteiger charge is 2.23. The highest BCUT2D eigenvalue weighted by atomic mass is 32.2. The fourth-order valence-corrected chi connectivity index (χ4v) is 4.49. The third kappa shape index (κ3) is 2.25. The van der Waals surface area contributed by atoms with Crippen LogP contribution in [0.3, 0.4) is 0 Å². The Morgan fingerprint density at radius 2 is 2.24 bits per heavy atom. The Labute approximate surface area is 129 Å². The van der Waals surface area contributed by atoms with E-state index in [0.29, 0.717) is 6.04 Å². The Morgan fingerprint density at radius 1 is 1.38 bits per heavy atom. The maximum atomic E-state index is 9.61. The van der Waals surface area contributed by atoms with E-state index in [1.807, 2.05) is 20.7 Å². The molecule has 0 bridgehead atoms. The van der Waals surface area contributed by atoms with Crippen LogP contribution in [-0.4, -0.2) is 34.7 Å². The molecule has 0 aromatic carbocycles. The summed E-state index contributed by atoms with van der Waals surface area (Å²) in [5.74, 6) is 0. The van der Waals surface area contributed by atoms with E-state index in [1.165, 1.54) is 24.6 Å². The molecule has 0 unspecified atom stereocenters. The number of imidazole rings is 1. The lowest BCUT2D eigenvalue weighted by atomic mass is 10.3. The molecule has 1 saturated carbocycles. The van der Waals surface area contributed by atoms with E-state index in [2.05, 4.69) is 20.5 Å². The quantitative estimate of drug-likeness (QED) is 0.792. The average molecular weight is 322 g/mol. The van der Waals surface area contributed by atoms with Crippen LogP contribution in [0.1, 0.15) is 37.4 Å². The van der Waals surface area contributed by atoms with Gasteiger partial charge in [0.2, 0.25) is 5.16 Å². The minimum absolute atomic E-state index is 0.0504. The molecular weight excluding hydrogens is 308 g/mol. The Hall–Kier alpha value is -1.45. The van der Waals surface area contributed by atoms with Gasteiger partial charge in [-0.05, 0) is 35.0 Å². The highest BCUT2D eigenvalue weighted by Crippen LogP contribution is 2.35. The molecule has 9 heteroatoms. The molecule has 3 heterocycles. The summed E-state index contributed by atoms with van der Waals surface area (Å²) in [6, 6.07) is 0.392. The largest absolute Gasteiger partial charge is 0.390 e. The number of nitrogens with zero attached hydrogens (tertiary/aromatic N) is 6. The summed E-state index contributed by atoms with van der Waals surface area (Å²) in [6.45, 7) is -0.0504. The maximum absolute atomic E-state index is 9.61. The SMILES string of the molecule is OCc1c(Sc2nnnn2C2CCCC2)nc2sccn12. The molecule has 1 N–H and O–H groups in total. The summed E-state index contributed by atoms with van der Waals surface area (Å²) in [7, 11) is 0. The zero-order valence-corrected chi connectivity index (χ0v) is 12.8. The van der Waals surface area contributed by atoms with Crippen LogP contribution in [0, 0.1) is 0 Å². The van der Waals surface area contributed by atoms with Crippen LogP contribution in [0.4, 0.5) is 0 Å². The lowest BCUT2D eigenvalue weighted by Gasteiger charge is -2.10. The molecule has 110 valence electrons. The third-order valence-corrected chi connectivity index (χ3v) is 5.52. The van der Waals surface area contributed by atoms with Gasteiger partial charge in [0, 0.05) is 11.6 Å². The van der Waals surface area contributed by atoms with Crippen LogP contribution in [-0.2, 0) is 6.61 Å². The minimum atomic E-state index is -0.0504. The summed E-state index contributed by atoms with van der Waals surface area (Å²) >= 11 is 2.98. The van der Waals surface area contributed by atoms with E-state index in [-0.39, 0.29) is 6.61 Å². The summed E-state index contributed by atoms with van der Waals surface area (Å²) in [5.41, 5.74) is 0.789. The molecule has 0 aliphatic heterocycles. The van der Waals surface area contributed by atoms with Crippen molar-refractivity contribution in [3.63, 3.8) is 0 Å². The van der Waals surface area contributed by atoms with E-state index >= 15 is 0 Å². The number of aliphatic hydroxyl groups is 1. The molecule has 4 rings (SSSR count). The van der Waals surface area contributed by atoms with E-state index in [9.17, 15) is 5.11 Å². The van der Waals surface area contributed by atoms with Gasteiger partial charge in [0.25, 0.3) is 0 Å². The lowest BCUT2D eigenvalue weighted by Crippen LogP contribution is -2.08. The maximum Gasteiger partial charge on any atom is 0.215 e. The second-order valence-electron chi connectivity index (χ2n) is 5.02. The predicted octanol–water partition coefficient (Wildman–Crippen LogP) is 2.14. The number of aliphatic hydroxyl groups excluding tert-OH is 1. The number of thiazole rings is 1. The van der Waals surface area contributed by atoms with Gasteiger partial charge < -0.3 is 5.11 Å². The Bertz CT molecular complexity index is 757. The molecule has 0 spiro atoms. The van der Waals surface area contributed by atoms with Crippen molar-refractivity contribution in [3.05, 3.63) is 17.3 Å². The van der Waals surface area contributed by atoms with Crippen LogP contribution in [0.25, 0.3) is 4.96 Å². The van der Waals surface area contributed by atoms with Gasteiger partial charge in [-0.15, -0.1) is 16.4 Å². The molecule has 1 fully saturated rings. The molecule has 0 saturated heterocycles. The molecular formula is C12H14N6OS2. The summed E-state index contributed by atoms with van der Waals surface area (Å²) in [4.78, 5) is 5.44. The van der Waals surface area contributed by atoms with E-state index < -0.39 is 0 Å². The first-order valence-corrected chi connectivity index (χ1v) is 8.57. The van der Waals surface area contributed by atoms with Gasteiger partial charge in [0.05, 0.1) is 18.3 Å². The van der Waals surface area contributed by atoms with Crippen LogP contribution < -0.4 is 0 Å². The van der Waals surface area contributed by atoms with Gasteiger partial charge in [-0.3, -0.25) is 4.40 Å². The molecule has 0 radical (unpaired) electrons. The molecule has 0 atom stereocenters.